The maximum atomic E-state index is 13.0. The summed E-state index contributed by atoms with van der Waals surface area (Å²) in [5.41, 5.74) is -0.293. The van der Waals surface area contributed by atoms with Gasteiger partial charge in [0.15, 0.2) is 5.69 Å². The van der Waals surface area contributed by atoms with Crippen LogP contribution in [0, 0.1) is 0 Å². The van der Waals surface area contributed by atoms with E-state index in [9.17, 15) is 13.2 Å². The van der Waals surface area contributed by atoms with Crippen LogP contribution in [0.5, 0.6) is 0 Å². The zero-order valence-corrected chi connectivity index (χ0v) is 11.9. The number of thiazole rings is 1. The number of nitrogens with zero attached hydrogens (tertiary/aromatic N) is 2. The van der Waals surface area contributed by atoms with Crippen molar-refractivity contribution in [2.75, 3.05) is 0 Å². The summed E-state index contributed by atoms with van der Waals surface area (Å²) in [4.78, 5) is 7.73. The first-order chi connectivity index (χ1) is 8.69. The van der Waals surface area contributed by atoms with E-state index in [2.05, 4.69) is 22.6 Å². The highest BCUT2D eigenvalue weighted by Crippen LogP contribution is 2.44. The molecule has 0 unspecified atom stereocenters. The minimum atomic E-state index is -4.48. The Hall–Kier alpha value is -1.08. The molecule has 0 aromatic carbocycles. The van der Waals surface area contributed by atoms with E-state index in [1.165, 1.54) is 6.20 Å². The first kappa shape index (κ1) is 14.3. The average molecular weight is 304 g/mol. The summed E-state index contributed by atoms with van der Waals surface area (Å²) in [6, 6.07) is 3.34. The molecule has 0 N–H and O–H groups in total. The highest BCUT2D eigenvalue weighted by atomic mass is 32.1. The SMILES string of the molecule is CC(C)(S)c1sc(-c2cccnc2)nc1C(F)(F)F. The normalized spacial score (nSPS) is 12.7. The fourth-order valence-electron chi connectivity index (χ4n) is 1.54. The Morgan fingerprint density at radius 1 is 1.26 bits per heavy atom. The van der Waals surface area contributed by atoms with Crippen molar-refractivity contribution in [3.63, 3.8) is 0 Å². The highest BCUT2D eigenvalue weighted by molar-refractivity contribution is 7.81. The fourth-order valence-corrected chi connectivity index (χ4v) is 2.86. The Bertz CT molecular complexity index is 539. The lowest BCUT2D eigenvalue weighted by Crippen LogP contribution is -2.15. The Kier molecular flexibility index (Phi) is 3.61. The maximum absolute atomic E-state index is 13.0. The van der Waals surface area contributed by atoms with E-state index >= 15 is 0 Å². The Labute approximate surface area is 118 Å². The van der Waals surface area contributed by atoms with Gasteiger partial charge < -0.3 is 0 Å². The second-order valence-corrected chi connectivity index (χ2v) is 6.61. The second-order valence-electron chi connectivity index (χ2n) is 4.50. The molecule has 2 aromatic rings. The summed E-state index contributed by atoms with van der Waals surface area (Å²) in [6.07, 6.45) is -1.42. The molecule has 0 saturated carbocycles. The van der Waals surface area contributed by atoms with Crippen molar-refractivity contribution >= 4 is 24.0 Å². The van der Waals surface area contributed by atoms with Crippen molar-refractivity contribution in [1.82, 2.24) is 9.97 Å². The van der Waals surface area contributed by atoms with Crippen molar-refractivity contribution in [3.05, 3.63) is 35.1 Å². The van der Waals surface area contributed by atoms with E-state index in [4.69, 9.17) is 0 Å². The molecule has 2 rings (SSSR count). The first-order valence-electron chi connectivity index (χ1n) is 5.41. The van der Waals surface area contributed by atoms with Crippen LogP contribution >= 0.6 is 24.0 Å². The summed E-state index contributed by atoms with van der Waals surface area (Å²) < 4.78 is 38.1. The zero-order valence-electron chi connectivity index (χ0n) is 10.2. The van der Waals surface area contributed by atoms with Crippen LogP contribution in [0.15, 0.2) is 24.5 Å². The van der Waals surface area contributed by atoms with Gasteiger partial charge >= 0.3 is 6.18 Å². The van der Waals surface area contributed by atoms with Gasteiger partial charge in [-0.25, -0.2) is 4.98 Å². The second kappa shape index (κ2) is 4.79. The molecule has 0 aliphatic carbocycles. The van der Waals surface area contributed by atoms with E-state index in [0.29, 0.717) is 10.6 Å². The van der Waals surface area contributed by atoms with Crippen LogP contribution in [0.3, 0.4) is 0 Å². The molecule has 2 nitrogen and oxygen atoms in total. The van der Waals surface area contributed by atoms with Gasteiger partial charge in [0, 0.05) is 22.7 Å². The Balaban J connectivity index is 2.59. The summed E-state index contributed by atoms with van der Waals surface area (Å²) in [5, 5.41) is 0.303. The van der Waals surface area contributed by atoms with Gasteiger partial charge in [-0.2, -0.15) is 25.8 Å². The van der Waals surface area contributed by atoms with Crippen LogP contribution < -0.4 is 0 Å². The predicted octanol–water partition coefficient (Wildman–Crippen LogP) is 4.39. The van der Waals surface area contributed by atoms with Gasteiger partial charge in [0.25, 0.3) is 0 Å². The third-order valence-corrected chi connectivity index (χ3v) is 4.16. The maximum Gasteiger partial charge on any atom is 0.434 e. The van der Waals surface area contributed by atoms with Crippen molar-refractivity contribution in [2.24, 2.45) is 0 Å². The molecule has 0 atom stereocenters. The van der Waals surface area contributed by atoms with E-state index in [1.807, 2.05) is 0 Å². The third kappa shape index (κ3) is 3.09. The quantitative estimate of drug-likeness (QED) is 0.833. The third-order valence-electron chi connectivity index (χ3n) is 2.36. The van der Waals surface area contributed by atoms with E-state index in [1.54, 1.807) is 32.2 Å². The molecular weight excluding hydrogens is 293 g/mol. The predicted molar refractivity (Wildman–Crippen MR) is 72.4 cm³/mol. The van der Waals surface area contributed by atoms with Crippen LogP contribution in [0.1, 0.15) is 24.4 Å². The number of aromatic nitrogens is 2. The molecule has 0 spiro atoms. The number of halogens is 3. The smallest absolute Gasteiger partial charge is 0.264 e. The number of hydrogen-bond acceptors (Lipinski definition) is 4. The van der Waals surface area contributed by atoms with Gasteiger partial charge in [-0.05, 0) is 26.0 Å². The molecule has 0 aliphatic rings. The number of thiol groups is 1. The van der Waals surface area contributed by atoms with Gasteiger partial charge in [0.2, 0.25) is 0 Å². The van der Waals surface area contributed by atoms with Gasteiger partial charge in [0.1, 0.15) is 5.01 Å². The lowest BCUT2D eigenvalue weighted by atomic mass is 10.1. The molecule has 0 amide bonds. The van der Waals surface area contributed by atoms with Crippen molar-refractivity contribution in [3.8, 4) is 10.6 Å². The number of rotatable bonds is 2. The Morgan fingerprint density at radius 3 is 2.37 bits per heavy atom. The van der Waals surface area contributed by atoms with Crippen LogP contribution in [0.25, 0.3) is 10.6 Å². The molecule has 0 fully saturated rings. The largest absolute Gasteiger partial charge is 0.434 e. The molecule has 2 heterocycles. The number of hydrogen-bond donors (Lipinski definition) is 1. The monoisotopic (exact) mass is 304 g/mol. The van der Waals surface area contributed by atoms with E-state index in [-0.39, 0.29) is 4.88 Å². The van der Waals surface area contributed by atoms with Crippen molar-refractivity contribution < 1.29 is 13.2 Å². The van der Waals surface area contributed by atoms with Crippen LogP contribution in [0.2, 0.25) is 0 Å². The number of alkyl halides is 3. The van der Waals surface area contributed by atoms with Crippen LogP contribution in [-0.2, 0) is 10.9 Å². The summed E-state index contributed by atoms with van der Waals surface area (Å²) in [5.74, 6) is 0. The summed E-state index contributed by atoms with van der Waals surface area (Å²) >= 11 is 5.23. The fraction of sp³-hybridized carbons (Fsp3) is 0.333. The van der Waals surface area contributed by atoms with Crippen molar-refractivity contribution in [2.45, 2.75) is 24.8 Å². The average Bonchev–Trinajstić information content (AvgIpc) is 2.74. The highest BCUT2D eigenvalue weighted by Gasteiger charge is 2.41. The molecule has 0 saturated heterocycles. The van der Waals surface area contributed by atoms with Gasteiger partial charge in [0.05, 0.1) is 4.88 Å². The standard InChI is InChI=1S/C12H11F3N2S2/c1-11(2,18)9-8(12(13,14)15)17-10(19-9)7-4-3-5-16-6-7/h3-6,18H,1-2H3. The van der Waals surface area contributed by atoms with Gasteiger partial charge in [-0.1, -0.05) is 0 Å². The lowest BCUT2D eigenvalue weighted by Gasteiger charge is -2.17. The molecule has 0 aliphatic heterocycles. The van der Waals surface area contributed by atoms with Gasteiger partial charge in [-0.3, -0.25) is 4.98 Å². The molecule has 19 heavy (non-hydrogen) atoms. The lowest BCUT2D eigenvalue weighted by molar-refractivity contribution is -0.141. The molecule has 2 aromatic heterocycles. The topological polar surface area (TPSA) is 25.8 Å². The number of pyridine rings is 1. The minimum absolute atomic E-state index is 0.113. The molecule has 0 radical (unpaired) electrons. The molecule has 102 valence electrons. The van der Waals surface area contributed by atoms with Crippen molar-refractivity contribution in [1.29, 1.82) is 0 Å². The van der Waals surface area contributed by atoms with Gasteiger partial charge in [-0.15, -0.1) is 11.3 Å². The summed E-state index contributed by atoms with van der Waals surface area (Å²) in [7, 11) is 0. The summed E-state index contributed by atoms with van der Waals surface area (Å²) in [6.45, 7) is 3.23. The zero-order chi connectivity index (χ0) is 14.3. The molecule has 0 bridgehead atoms. The molecular formula is C12H11F3N2S2. The first-order valence-corrected chi connectivity index (χ1v) is 6.67. The molecule has 7 heteroatoms. The van der Waals surface area contributed by atoms with E-state index in [0.717, 1.165) is 11.3 Å². The minimum Gasteiger partial charge on any atom is -0.264 e. The Morgan fingerprint density at radius 2 is 1.95 bits per heavy atom. The van der Waals surface area contributed by atoms with E-state index < -0.39 is 16.6 Å². The van der Waals surface area contributed by atoms with Crippen LogP contribution in [0.4, 0.5) is 13.2 Å². The van der Waals surface area contributed by atoms with Crippen LogP contribution in [-0.4, -0.2) is 9.97 Å².